The van der Waals surface area contributed by atoms with Gasteiger partial charge in [0, 0.05) is 25.7 Å². The van der Waals surface area contributed by atoms with Crippen molar-refractivity contribution in [1.29, 1.82) is 0 Å². The van der Waals surface area contributed by atoms with Crippen molar-refractivity contribution in [1.82, 2.24) is 5.32 Å². The summed E-state index contributed by atoms with van der Waals surface area (Å²) in [6.07, 6.45) is 3.31. The number of nitrogens with one attached hydrogen (secondary N) is 1. The van der Waals surface area contributed by atoms with Gasteiger partial charge in [0.15, 0.2) is 0 Å². The summed E-state index contributed by atoms with van der Waals surface area (Å²) in [5, 5.41) is 5.80. The number of rotatable bonds is 3. The van der Waals surface area contributed by atoms with Gasteiger partial charge >= 0.3 is 0 Å². The first-order valence-electron chi connectivity index (χ1n) is 6.85. The van der Waals surface area contributed by atoms with Gasteiger partial charge in [0.1, 0.15) is 0 Å². The Morgan fingerprint density at radius 2 is 2.42 bits per heavy atom. The van der Waals surface area contributed by atoms with Gasteiger partial charge in [0.05, 0.1) is 15.1 Å². The predicted octanol–water partition coefficient (Wildman–Crippen LogP) is 3.20. The Hall–Kier alpha value is 0.310. The van der Waals surface area contributed by atoms with E-state index in [1.807, 2.05) is 11.3 Å². The van der Waals surface area contributed by atoms with E-state index in [4.69, 9.17) is 9.47 Å². The van der Waals surface area contributed by atoms with Gasteiger partial charge in [-0.2, -0.15) is 0 Å². The third-order valence-electron chi connectivity index (χ3n) is 4.33. The van der Waals surface area contributed by atoms with E-state index in [1.165, 1.54) is 8.45 Å². The molecule has 1 N–H and O–H groups in total. The first-order chi connectivity index (χ1) is 9.22. The van der Waals surface area contributed by atoms with Gasteiger partial charge in [-0.1, -0.05) is 0 Å². The minimum atomic E-state index is 0.00118. The summed E-state index contributed by atoms with van der Waals surface area (Å²) in [7, 11) is 2.07. The van der Waals surface area contributed by atoms with E-state index in [9.17, 15) is 0 Å². The summed E-state index contributed by atoms with van der Waals surface area (Å²) in [5.74, 6) is 0.644. The van der Waals surface area contributed by atoms with Crippen LogP contribution < -0.4 is 5.32 Å². The van der Waals surface area contributed by atoms with E-state index in [1.54, 1.807) is 0 Å². The van der Waals surface area contributed by atoms with E-state index in [0.29, 0.717) is 12.0 Å². The molecule has 2 fully saturated rings. The molecule has 2 aliphatic rings. The number of hydrogen-bond donors (Lipinski definition) is 1. The Morgan fingerprint density at radius 1 is 1.53 bits per heavy atom. The number of thiophene rings is 1. The summed E-state index contributed by atoms with van der Waals surface area (Å²) in [4.78, 5) is 0. The van der Waals surface area contributed by atoms with E-state index in [-0.39, 0.29) is 5.60 Å². The Bertz CT molecular complexity index is 431. The first kappa shape index (κ1) is 14.3. The van der Waals surface area contributed by atoms with Crippen molar-refractivity contribution in [3.8, 4) is 0 Å². The molecule has 1 spiro atoms. The molecule has 3 heterocycles. The Kier molecular flexibility index (Phi) is 4.48. The third kappa shape index (κ3) is 3.00. The van der Waals surface area contributed by atoms with E-state index >= 15 is 0 Å². The van der Waals surface area contributed by atoms with Crippen LogP contribution in [0, 0.1) is 8.80 Å². The van der Waals surface area contributed by atoms with Crippen molar-refractivity contribution in [3.05, 3.63) is 19.9 Å². The molecule has 3 rings (SSSR count). The molecular formula is C14H20INO2S. The molecule has 0 amide bonds. The fourth-order valence-corrected chi connectivity index (χ4v) is 4.78. The van der Waals surface area contributed by atoms with Crippen molar-refractivity contribution in [2.45, 2.75) is 30.9 Å². The molecule has 5 heteroatoms. The lowest BCUT2D eigenvalue weighted by Gasteiger charge is -2.40. The molecule has 2 aliphatic heterocycles. The van der Waals surface area contributed by atoms with Crippen molar-refractivity contribution >= 4 is 33.9 Å². The molecule has 1 aromatic heterocycles. The zero-order valence-corrected chi connectivity index (χ0v) is 14.1. The van der Waals surface area contributed by atoms with Crippen molar-refractivity contribution in [2.24, 2.45) is 5.92 Å². The minimum absolute atomic E-state index is 0.00118. The average molecular weight is 393 g/mol. The number of hydrogen-bond acceptors (Lipinski definition) is 4. The number of halogens is 1. The molecule has 0 radical (unpaired) electrons. The van der Waals surface area contributed by atoms with E-state index < -0.39 is 0 Å². The lowest BCUT2D eigenvalue weighted by atomic mass is 9.79. The Morgan fingerprint density at radius 3 is 3.05 bits per heavy atom. The molecule has 106 valence electrons. The van der Waals surface area contributed by atoms with Gasteiger partial charge in [-0.15, -0.1) is 11.3 Å². The zero-order valence-electron chi connectivity index (χ0n) is 11.2. The highest BCUT2D eigenvalue weighted by Gasteiger charge is 2.43. The maximum Gasteiger partial charge on any atom is 0.0940 e. The monoisotopic (exact) mass is 393 g/mol. The fourth-order valence-electron chi connectivity index (χ4n) is 3.37. The largest absolute Gasteiger partial charge is 0.378 e. The molecule has 3 nitrogen and oxygen atoms in total. The predicted molar refractivity (Wildman–Crippen MR) is 85.7 cm³/mol. The molecule has 2 saturated heterocycles. The second-order valence-corrected chi connectivity index (χ2v) is 8.34. The normalized spacial score (nSPS) is 32.8. The lowest BCUT2D eigenvalue weighted by molar-refractivity contribution is -0.103. The summed E-state index contributed by atoms with van der Waals surface area (Å²) in [6.45, 7) is 2.50. The van der Waals surface area contributed by atoms with Crippen LogP contribution in [0.2, 0.25) is 0 Å². The van der Waals surface area contributed by atoms with Crippen LogP contribution in [0.4, 0.5) is 0 Å². The first-order valence-corrected chi connectivity index (χ1v) is 8.81. The van der Waals surface area contributed by atoms with Gasteiger partial charge in [-0.25, -0.2) is 0 Å². The zero-order chi connectivity index (χ0) is 13.3. The van der Waals surface area contributed by atoms with Gasteiger partial charge in [-0.05, 0) is 65.4 Å². The van der Waals surface area contributed by atoms with Crippen molar-refractivity contribution in [2.75, 3.05) is 26.9 Å². The van der Waals surface area contributed by atoms with Gasteiger partial charge in [0.2, 0.25) is 0 Å². The van der Waals surface area contributed by atoms with Crippen LogP contribution in [-0.2, 0) is 9.47 Å². The Labute approximate surface area is 132 Å². The van der Waals surface area contributed by atoms with Gasteiger partial charge in [0.25, 0.3) is 0 Å². The van der Waals surface area contributed by atoms with Crippen LogP contribution in [0.1, 0.15) is 30.9 Å². The molecular weight excluding hydrogens is 373 g/mol. The topological polar surface area (TPSA) is 30.5 Å². The molecule has 19 heavy (non-hydrogen) atoms. The summed E-state index contributed by atoms with van der Waals surface area (Å²) in [6, 6.07) is 2.75. The van der Waals surface area contributed by atoms with Crippen molar-refractivity contribution in [3.63, 3.8) is 0 Å². The molecule has 0 aromatic carbocycles. The highest BCUT2D eigenvalue weighted by Crippen LogP contribution is 2.41. The molecule has 1 aromatic rings. The SMILES string of the molecule is CNC(c1csc(I)c1)C1CCOC2(CCOC2)C1. The minimum Gasteiger partial charge on any atom is -0.378 e. The smallest absolute Gasteiger partial charge is 0.0940 e. The van der Waals surface area contributed by atoms with Crippen LogP contribution in [-0.4, -0.2) is 32.5 Å². The highest BCUT2D eigenvalue weighted by atomic mass is 127. The van der Waals surface area contributed by atoms with Crippen LogP contribution in [0.3, 0.4) is 0 Å². The van der Waals surface area contributed by atoms with Crippen molar-refractivity contribution < 1.29 is 9.47 Å². The van der Waals surface area contributed by atoms with Crippen LogP contribution >= 0.6 is 33.9 Å². The van der Waals surface area contributed by atoms with Gasteiger partial charge in [-0.3, -0.25) is 0 Å². The summed E-state index contributed by atoms with van der Waals surface area (Å²) in [5.41, 5.74) is 1.43. The molecule has 0 aliphatic carbocycles. The maximum absolute atomic E-state index is 6.04. The lowest BCUT2D eigenvalue weighted by Crippen LogP contribution is -2.43. The second-order valence-electron chi connectivity index (χ2n) is 5.54. The van der Waals surface area contributed by atoms with Crippen LogP contribution in [0.5, 0.6) is 0 Å². The van der Waals surface area contributed by atoms with Crippen LogP contribution in [0.15, 0.2) is 11.4 Å². The van der Waals surface area contributed by atoms with E-state index in [2.05, 4.69) is 46.4 Å². The highest BCUT2D eigenvalue weighted by molar-refractivity contribution is 14.1. The van der Waals surface area contributed by atoms with Crippen LogP contribution in [0.25, 0.3) is 0 Å². The Balaban J connectivity index is 1.76. The maximum atomic E-state index is 6.04. The molecule has 3 unspecified atom stereocenters. The number of ether oxygens (including phenoxy) is 2. The third-order valence-corrected chi connectivity index (χ3v) is 6.13. The summed E-state index contributed by atoms with van der Waals surface area (Å²) < 4.78 is 13.0. The molecule has 0 bridgehead atoms. The standard InChI is InChI=1S/C14H20INO2S/c1-16-13(11-6-12(15)19-8-11)10-2-4-18-14(7-10)3-5-17-9-14/h6,8,10,13,16H,2-5,7,9H2,1H3. The summed E-state index contributed by atoms with van der Waals surface area (Å²) >= 11 is 4.23. The quantitative estimate of drug-likeness (QED) is 0.801. The molecule has 0 saturated carbocycles. The molecule has 3 atom stereocenters. The van der Waals surface area contributed by atoms with Gasteiger partial charge < -0.3 is 14.8 Å². The average Bonchev–Trinajstić information content (AvgIpc) is 3.01. The van der Waals surface area contributed by atoms with E-state index in [0.717, 1.165) is 39.1 Å². The second kappa shape index (κ2) is 5.97. The fraction of sp³-hybridized carbons (Fsp3) is 0.714.